The van der Waals surface area contributed by atoms with Crippen molar-refractivity contribution in [1.82, 2.24) is 0 Å². The summed E-state index contributed by atoms with van der Waals surface area (Å²) in [6, 6.07) is 6.09. The summed E-state index contributed by atoms with van der Waals surface area (Å²) in [7, 11) is 0. The van der Waals surface area contributed by atoms with Gasteiger partial charge in [-0.25, -0.2) is 0 Å². The number of carbonyl (C=O) groups excluding carboxylic acids is 1. The summed E-state index contributed by atoms with van der Waals surface area (Å²) < 4.78 is 5.62. The van der Waals surface area contributed by atoms with E-state index in [0.717, 1.165) is 43.4 Å². The van der Waals surface area contributed by atoms with Gasteiger partial charge in [0.05, 0.1) is 12.2 Å². The molecule has 2 atom stereocenters. The van der Waals surface area contributed by atoms with Crippen LogP contribution in [0.25, 0.3) is 0 Å². The van der Waals surface area contributed by atoms with E-state index in [1.165, 1.54) is 5.56 Å². The van der Waals surface area contributed by atoms with Crippen molar-refractivity contribution in [2.45, 2.75) is 38.1 Å². The predicted molar refractivity (Wildman–Crippen MR) is 69.9 cm³/mol. The van der Waals surface area contributed by atoms with Crippen LogP contribution in [-0.4, -0.2) is 18.4 Å². The van der Waals surface area contributed by atoms with E-state index in [0.29, 0.717) is 6.61 Å². The molecular weight excluding hydrogens is 226 g/mol. The van der Waals surface area contributed by atoms with Crippen molar-refractivity contribution in [2.75, 3.05) is 6.61 Å². The number of fused-ring (bicyclic) bond motifs is 1. The fourth-order valence-corrected chi connectivity index (χ4v) is 3.09. The molecular formula is C15H19NO2. The number of carbonyl (C=O) groups is 1. The number of rotatable bonds is 2. The summed E-state index contributed by atoms with van der Waals surface area (Å²) in [4.78, 5) is 12.6. The highest BCUT2D eigenvalue weighted by molar-refractivity contribution is 6.00. The van der Waals surface area contributed by atoms with E-state index in [4.69, 9.17) is 10.5 Å². The second kappa shape index (κ2) is 4.73. The first-order chi connectivity index (χ1) is 8.75. The number of ketones is 1. The van der Waals surface area contributed by atoms with E-state index in [-0.39, 0.29) is 17.7 Å². The van der Waals surface area contributed by atoms with Crippen LogP contribution >= 0.6 is 0 Å². The minimum Gasteiger partial charge on any atom is -0.492 e. The van der Waals surface area contributed by atoms with Crippen molar-refractivity contribution in [3.63, 3.8) is 0 Å². The molecule has 1 aromatic rings. The maximum Gasteiger partial charge on any atom is 0.169 e. The Bertz CT molecular complexity index is 470. The van der Waals surface area contributed by atoms with Gasteiger partial charge in [0.15, 0.2) is 5.78 Å². The van der Waals surface area contributed by atoms with E-state index in [1.807, 2.05) is 18.2 Å². The van der Waals surface area contributed by atoms with Gasteiger partial charge in [-0.1, -0.05) is 18.6 Å². The van der Waals surface area contributed by atoms with Crippen molar-refractivity contribution in [3.8, 4) is 5.75 Å². The molecule has 0 aromatic heterocycles. The number of para-hydroxylation sites is 1. The Kier molecular flexibility index (Phi) is 3.08. The zero-order valence-corrected chi connectivity index (χ0v) is 10.5. The molecule has 3 heteroatoms. The summed E-state index contributed by atoms with van der Waals surface area (Å²) >= 11 is 0. The van der Waals surface area contributed by atoms with Crippen LogP contribution in [0.15, 0.2) is 18.2 Å². The molecule has 3 nitrogen and oxygen atoms in total. The van der Waals surface area contributed by atoms with Crippen LogP contribution in [0.1, 0.15) is 41.6 Å². The van der Waals surface area contributed by atoms with Gasteiger partial charge < -0.3 is 10.5 Å². The van der Waals surface area contributed by atoms with Gasteiger partial charge in [-0.2, -0.15) is 0 Å². The molecule has 1 aliphatic heterocycles. The molecule has 1 saturated carbocycles. The summed E-state index contributed by atoms with van der Waals surface area (Å²) in [5.41, 5.74) is 7.91. The summed E-state index contributed by atoms with van der Waals surface area (Å²) in [6.45, 7) is 0.698. The third-order valence-electron chi connectivity index (χ3n) is 4.07. The molecule has 0 bridgehead atoms. The molecule has 2 aliphatic rings. The molecule has 18 heavy (non-hydrogen) atoms. The highest BCUT2D eigenvalue weighted by Gasteiger charge is 2.29. The lowest BCUT2D eigenvalue weighted by Gasteiger charge is -2.25. The first-order valence-corrected chi connectivity index (χ1v) is 6.80. The molecule has 2 N–H and O–H groups in total. The van der Waals surface area contributed by atoms with Gasteiger partial charge in [0.1, 0.15) is 5.75 Å². The SMILES string of the molecule is NC1CCCC(C(=O)c2cccc3c2OCC3)C1. The number of Topliss-reactive ketones (excluding diaryl/α,β-unsaturated/α-hetero) is 1. The predicted octanol–water partition coefficient (Wildman–Crippen LogP) is 2.32. The topological polar surface area (TPSA) is 52.3 Å². The molecule has 0 spiro atoms. The molecule has 1 aromatic carbocycles. The van der Waals surface area contributed by atoms with Crippen molar-refractivity contribution >= 4 is 5.78 Å². The van der Waals surface area contributed by atoms with Crippen LogP contribution in [0, 0.1) is 5.92 Å². The molecule has 0 amide bonds. The van der Waals surface area contributed by atoms with Gasteiger partial charge in [-0.05, 0) is 30.9 Å². The summed E-state index contributed by atoms with van der Waals surface area (Å²) in [6.07, 6.45) is 4.82. The summed E-state index contributed by atoms with van der Waals surface area (Å²) in [5.74, 6) is 1.13. The lowest BCUT2D eigenvalue weighted by Crippen LogP contribution is -2.31. The first kappa shape index (κ1) is 11.7. The molecule has 96 valence electrons. The van der Waals surface area contributed by atoms with Crippen LogP contribution in [0.4, 0.5) is 0 Å². The lowest BCUT2D eigenvalue weighted by atomic mass is 9.81. The minimum absolute atomic E-state index is 0.0875. The second-order valence-electron chi connectivity index (χ2n) is 5.38. The number of benzene rings is 1. The number of hydrogen-bond donors (Lipinski definition) is 1. The van der Waals surface area contributed by atoms with Crippen LogP contribution < -0.4 is 10.5 Å². The maximum absolute atomic E-state index is 12.6. The van der Waals surface area contributed by atoms with Gasteiger partial charge in [0.2, 0.25) is 0 Å². The van der Waals surface area contributed by atoms with Crippen molar-refractivity contribution in [3.05, 3.63) is 29.3 Å². The number of hydrogen-bond acceptors (Lipinski definition) is 3. The maximum atomic E-state index is 12.6. The fraction of sp³-hybridized carbons (Fsp3) is 0.533. The number of ether oxygens (including phenoxy) is 1. The second-order valence-corrected chi connectivity index (χ2v) is 5.38. The summed E-state index contributed by atoms with van der Waals surface area (Å²) in [5, 5.41) is 0. The first-order valence-electron chi connectivity index (χ1n) is 6.80. The Morgan fingerprint density at radius 1 is 1.33 bits per heavy atom. The fourth-order valence-electron chi connectivity index (χ4n) is 3.09. The molecule has 1 aliphatic carbocycles. The zero-order chi connectivity index (χ0) is 12.5. The smallest absolute Gasteiger partial charge is 0.169 e. The van der Waals surface area contributed by atoms with E-state index in [2.05, 4.69) is 0 Å². The molecule has 3 rings (SSSR count). The Labute approximate surface area is 107 Å². The average molecular weight is 245 g/mol. The molecule has 1 fully saturated rings. The monoisotopic (exact) mass is 245 g/mol. The van der Waals surface area contributed by atoms with Gasteiger partial charge in [0.25, 0.3) is 0 Å². The van der Waals surface area contributed by atoms with Crippen LogP contribution in [-0.2, 0) is 6.42 Å². The largest absolute Gasteiger partial charge is 0.492 e. The average Bonchev–Trinajstić information content (AvgIpc) is 2.86. The van der Waals surface area contributed by atoms with E-state index in [9.17, 15) is 4.79 Å². The number of nitrogens with two attached hydrogens (primary N) is 1. The Hall–Kier alpha value is -1.35. The third kappa shape index (κ3) is 2.03. The normalized spacial score (nSPS) is 26.5. The zero-order valence-electron chi connectivity index (χ0n) is 10.5. The third-order valence-corrected chi connectivity index (χ3v) is 4.07. The van der Waals surface area contributed by atoms with E-state index >= 15 is 0 Å². The van der Waals surface area contributed by atoms with Crippen LogP contribution in [0.5, 0.6) is 5.75 Å². The van der Waals surface area contributed by atoms with Crippen molar-refractivity contribution in [1.29, 1.82) is 0 Å². The van der Waals surface area contributed by atoms with Gasteiger partial charge >= 0.3 is 0 Å². The van der Waals surface area contributed by atoms with Crippen LogP contribution in [0.3, 0.4) is 0 Å². The van der Waals surface area contributed by atoms with Gasteiger partial charge in [-0.15, -0.1) is 0 Å². The lowest BCUT2D eigenvalue weighted by molar-refractivity contribution is 0.0878. The van der Waals surface area contributed by atoms with Crippen LogP contribution in [0.2, 0.25) is 0 Å². The van der Waals surface area contributed by atoms with E-state index in [1.54, 1.807) is 0 Å². The standard InChI is InChI=1S/C15H19NO2/c16-12-5-1-4-11(9-12)14(17)13-6-2-3-10-7-8-18-15(10)13/h2-3,6,11-12H,1,4-5,7-9,16H2. The molecule has 0 saturated heterocycles. The highest BCUT2D eigenvalue weighted by atomic mass is 16.5. The molecule has 1 heterocycles. The minimum atomic E-state index is 0.0875. The highest BCUT2D eigenvalue weighted by Crippen LogP contribution is 2.34. The Morgan fingerprint density at radius 3 is 3.06 bits per heavy atom. The molecule has 2 unspecified atom stereocenters. The Balaban J connectivity index is 1.86. The van der Waals surface area contributed by atoms with Crippen molar-refractivity contribution in [2.24, 2.45) is 11.7 Å². The van der Waals surface area contributed by atoms with E-state index < -0.39 is 0 Å². The van der Waals surface area contributed by atoms with Gasteiger partial charge in [0, 0.05) is 18.4 Å². The quantitative estimate of drug-likeness (QED) is 0.813. The molecule has 0 radical (unpaired) electrons. The van der Waals surface area contributed by atoms with Gasteiger partial charge in [-0.3, -0.25) is 4.79 Å². The Morgan fingerprint density at radius 2 is 2.22 bits per heavy atom. The van der Waals surface area contributed by atoms with Crippen molar-refractivity contribution < 1.29 is 9.53 Å².